The highest BCUT2D eigenvalue weighted by Crippen LogP contribution is 2.25. The molecule has 0 saturated carbocycles. The Morgan fingerprint density at radius 3 is 2.43 bits per heavy atom. The van der Waals surface area contributed by atoms with Gasteiger partial charge in [0.25, 0.3) is 0 Å². The molecule has 4 aromatic rings. The van der Waals surface area contributed by atoms with Gasteiger partial charge in [-0.15, -0.1) is 0 Å². The van der Waals surface area contributed by atoms with E-state index in [4.69, 9.17) is 0 Å². The molecule has 0 atom stereocenters. The van der Waals surface area contributed by atoms with Crippen LogP contribution in [0.15, 0.2) is 60.9 Å². The Bertz CT molecular complexity index is 966. The second kappa shape index (κ2) is 4.52. The van der Waals surface area contributed by atoms with Crippen LogP contribution in [-0.2, 0) is 0 Å². The van der Waals surface area contributed by atoms with E-state index in [0.29, 0.717) is 0 Å². The fraction of sp³-hybridized carbons (Fsp3) is 0. The average molecular weight is 273 g/mol. The molecule has 0 aliphatic heterocycles. The maximum absolute atomic E-state index is 9.49. The summed E-state index contributed by atoms with van der Waals surface area (Å²) in [5.74, 6) is 0.248. The molecule has 1 N–H and O–H groups in total. The number of hydrogen-bond donors (Lipinski definition) is 1. The average Bonchev–Trinajstić information content (AvgIpc) is 2.54. The number of phenols is 1. The van der Waals surface area contributed by atoms with Crippen molar-refractivity contribution in [1.82, 2.24) is 15.0 Å². The number of fused-ring (bicyclic) bond motifs is 2. The zero-order chi connectivity index (χ0) is 14.2. The van der Waals surface area contributed by atoms with E-state index >= 15 is 0 Å². The van der Waals surface area contributed by atoms with E-state index in [1.54, 1.807) is 24.5 Å². The monoisotopic (exact) mass is 273 g/mol. The standard InChI is InChI=1S/C17H11N3O/c21-13-3-6-15-11(9-13)1-4-14(20-15)12-2-5-16-17(10-12)19-8-7-18-16/h1-10,21H. The quantitative estimate of drug-likeness (QED) is 0.576. The molecule has 0 amide bonds. The summed E-state index contributed by atoms with van der Waals surface area (Å²) in [7, 11) is 0. The summed E-state index contributed by atoms with van der Waals surface area (Å²) < 4.78 is 0. The Hall–Kier alpha value is -3.01. The summed E-state index contributed by atoms with van der Waals surface area (Å²) in [6.07, 6.45) is 3.37. The summed E-state index contributed by atoms with van der Waals surface area (Å²) in [5, 5.41) is 10.4. The molecule has 4 nitrogen and oxygen atoms in total. The van der Waals surface area contributed by atoms with Crippen LogP contribution in [0.25, 0.3) is 33.2 Å². The molecule has 4 rings (SSSR count). The topological polar surface area (TPSA) is 58.9 Å². The highest BCUT2D eigenvalue weighted by atomic mass is 16.3. The van der Waals surface area contributed by atoms with Gasteiger partial charge in [0.1, 0.15) is 5.75 Å². The summed E-state index contributed by atoms with van der Waals surface area (Å²) in [6, 6.07) is 15.0. The molecule has 21 heavy (non-hydrogen) atoms. The molecule has 0 bridgehead atoms. The SMILES string of the molecule is Oc1ccc2nc(-c3ccc4nccnc4c3)ccc2c1. The van der Waals surface area contributed by atoms with Crippen LogP contribution in [0.3, 0.4) is 0 Å². The molecule has 2 heterocycles. The minimum absolute atomic E-state index is 0.248. The van der Waals surface area contributed by atoms with Crippen LogP contribution in [-0.4, -0.2) is 20.1 Å². The van der Waals surface area contributed by atoms with Crippen molar-refractivity contribution in [3.05, 3.63) is 60.9 Å². The minimum atomic E-state index is 0.248. The van der Waals surface area contributed by atoms with Gasteiger partial charge in [-0.1, -0.05) is 12.1 Å². The van der Waals surface area contributed by atoms with Crippen LogP contribution in [0, 0.1) is 0 Å². The largest absolute Gasteiger partial charge is 0.508 e. The molecule has 2 aromatic heterocycles. The predicted molar refractivity (Wildman–Crippen MR) is 81.9 cm³/mol. The normalized spacial score (nSPS) is 11.0. The van der Waals surface area contributed by atoms with E-state index in [2.05, 4.69) is 15.0 Å². The number of phenolic OH excluding ortho intramolecular Hbond substituents is 1. The van der Waals surface area contributed by atoms with Gasteiger partial charge in [0.2, 0.25) is 0 Å². The number of aromatic hydroxyl groups is 1. The lowest BCUT2D eigenvalue weighted by Gasteiger charge is -2.05. The van der Waals surface area contributed by atoms with Gasteiger partial charge in [-0.05, 0) is 36.4 Å². The fourth-order valence-corrected chi connectivity index (χ4v) is 2.40. The van der Waals surface area contributed by atoms with E-state index in [0.717, 1.165) is 33.2 Å². The smallest absolute Gasteiger partial charge is 0.116 e. The van der Waals surface area contributed by atoms with Crippen LogP contribution in [0.2, 0.25) is 0 Å². The Balaban J connectivity index is 1.89. The number of aromatic nitrogens is 3. The lowest BCUT2D eigenvalue weighted by molar-refractivity contribution is 0.476. The second-order valence-corrected chi connectivity index (χ2v) is 4.83. The van der Waals surface area contributed by atoms with Gasteiger partial charge in [-0.2, -0.15) is 0 Å². The Morgan fingerprint density at radius 1 is 0.714 bits per heavy atom. The van der Waals surface area contributed by atoms with Crippen LogP contribution >= 0.6 is 0 Å². The third-order valence-electron chi connectivity index (χ3n) is 3.44. The maximum Gasteiger partial charge on any atom is 0.116 e. The number of pyridine rings is 1. The maximum atomic E-state index is 9.49. The summed E-state index contributed by atoms with van der Waals surface area (Å²) >= 11 is 0. The molecule has 0 radical (unpaired) electrons. The summed E-state index contributed by atoms with van der Waals surface area (Å²) in [5.41, 5.74) is 4.44. The second-order valence-electron chi connectivity index (χ2n) is 4.83. The van der Waals surface area contributed by atoms with E-state index in [1.807, 2.05) is 36.4 Å². The Kier molecular flexibility index (Phi) is 2.54. The van der Waals surface area contributed by atoms with E-state index in [9.17, 15) is 5.11 Å². The summed E-state index contributed by atoms with van der Waals surface area (Å²) in [4.78, 5) is 13.2. The van der Waals surface area contributed by atoms with Crippen LogP contribution in [0.4, 0.5) is 0 Å². The van der Waals surface area contributed by atoms with Crippen molar-refractivity contribution in [2.45, 2.75) is 0 Å². The number of nitrogens with zero attached hydrogens (tertiary/aromatic N) is 3. The van der Waals surface area contributed by atoms with Crippen LogP contribution < -0.4 is 0 Å². The zero-order valence-electron chi connectivity index (χ0n) is 11.1. The third-order valence-corrected chi connectivity index (χ3v) is 3.44. The Labute approximate surface area is 120 Å². The van der Waals surface area contributed by atoms with E-state index in [1.165, 1.54) is 0 Å². The molecule has 0 aliphatic rings. The molecule has 100 valence electrons. The Morgan fingerprint density at radius 2 is 1.52 bits per heavy atom. The molecule has 0 spiro atoms. The van der Waals surface area contributed by atoms with Gasteiger partial charge < -0.3 is 5.11 Å². The molecule has 0 saturated heterocycles. The van der Waals surface area contributed by atoms with Gasteiger partial charge >= 0.3 is 0 Å². The van der Waals surface area contributed by atoms with E-state index in [-0.39, 0.29) is 5.75 Å². The van der Waals surface area contributed by atoms with E-state index < -0.39 is 0 Å². The zero-order valence-corrected chi connectivity index (χ0v) is 11.1. The lowest BCUT2D eigenvalue weighted by atomic mass is 10.1. The lowest BCUT2D eigenvalue weighted by Crippen LogP contribution is -1.87. The van der Waals surface area contributed by atoms with Crippen molar-refractivity contribution >= 4 is 21.9 Å². The van der Waals surface area contributed by atoms with Crippen molar-refractivity contribution in [3.8, 4) is 17.0 Å². The van der Waals surface area contributed by atoms with Crippen molar-refractivity contribution in [2.75, 3.05) is 0 Å². The first kappa shape index (κ1) is 11.8. The molecule has 2 aromatic carbocycles. The molecule has 0 fully saturated rings. The van der Waals surface area contributed by atoms with Gasteiger partial charge in [-0.25, -0.2) is 4.98 Å². The van der Waals surface area contributed by atoms with Crippen molar-refractivity contribution < 1.29 is 5.11 Å². The number of hydrogen-bond acceptors (Lipinski definition) is 4. The molecular formula is C17H11N3O. The predicted octanol–water partition coefficient (Wildman–Crippen LogP) is 3.55. The van der Waals surface area contributed by atoms with Crippen molar-refractivity contribution in [2.24, 2.45) is 0 Å². The first-order chi connectivity index (χ1) is 10.3. The highest BCUT2D eigenvalue weighted by Gasteiger charge is 2.04. The minimum Gasteiger partial charge on any atom is -0.508 e. The van der Waals surface area contributed by atoms with Gasteiger partial charge in [0.05, 0.1) is 22.2 Å². The molecular weight excluding hydrogens is 262 g/mol. The first-order valence-electron chi connectivity index (χ1n) is 6.60. The van der Waals surface area contributed by atoms with Gasteiger partial charge in [0, 0.05) is 23.3 Å². The van der Waals surface area contributed by atoms with Crippen LogP contribution in [0.1, 0.15) is 0 Å². The van der Waals surface area contributed by atoms with Gasteiger partial charge in [-0.3, -0.25) is 9.97 Å². The van der Waals surface area contributed by atoms with Crippen LogP contribution in [0.5, 0.6) is 5.75 Å². The van der Waals surface area contributed by atoms with Crippen molar-refractivity contribution in [3.63, 3.8) is 0 Å². The fourth-order valence-electron chi connectivity index (χ4n) is 2.40. The molecule has 0 unspecified atom stereocenters. The summed E-state index contributed by atoms with van der Waals surface area (Å²) in [6.45, 7) is 0. The first-order valence-corrected chi connectivity index (χ1v) is 6.60. The number of rotatable bonds is 1. The number of benzene rings is 2. The molecule has 4 heteroatoms. The van der Waals surface area contributed by atoms with Crippen molar-refractivity contribution in [1.29, 1.82) is 0 Å². The third kappa shape index (κ3) is 2.07. The van der Waals surface area contributed by atoms with Gasteiger partial charge in [0.15, 0.2) is 0 Å². The highest BCUT2D eigenvalue weighted by molar-refractivity contribution is 5.85. The molecule has 0 aliphatic carbocycles.